The number of hydrogen-bond donors (Lipinski definition) is 1. The van der Waals surface area contributed by atoms with Crippen LogP contribution in [0.1, 0.15) is 54.2 Å². The predicted molar refractivity (Wildman–Crippen MR) is 132 cm³/mol. The van der Waals surface area contributed by atoms with E-state index < -0.39 is 11.7 Å². The van der Waals surface area contributed by atoms with Crippen LogP contribution in [0.5, 0.6) is 0 Å². The van der Waals surface area contributed by atoms with Crippen LogP contribution < -0.4 is 10.9 Å². The van der Waals surface area contributed by atoms with Crippen molar-refractivity contribution in [1.29, 1.82) is 0 Å². The fraction of sp³-hybridized carbons (Fsp3) is 0.308. The summed E-state index contributed by atoms with van der Waals surface area (Å²) in [5, 5.41) is 7.24. The molecule has 0 atom stereocenters. The van der Waals surface area contributed by atoms with Gasteiger partial charge in [-0.15, -0.1) is 0 Å². The van der Waals surface area contributed by atoms with Crippen molar-refractivity contribution in [3.05, 3.63) is 75.8 Å². The van der Waals surface area contributed by atoms with Crippen LogP contribution in [0.3, 0.4) is 0 Å². The molecule has 2 amide bonds. The predicted octanol–water partition coefficient (Wildman–Crippen LogP) is 2.97. The molecule has 1 fully saturated rings. The lowest BCUT2D eigenvalue weighted by Crippen LogP contribution is -2.32. The number of fused-ring (bicyclic) bond motifs is 2. The highest BCUT2D eigenvalue weighted by Crippen LogP contribution is 2.44. The first-order chi connectivity index (χ1) is 17.8. The normalized spacial score (nSPS) is 15.0. The third-order valence-electron chi connectivity index (χ3n) is 6.83. The number of hydrogen-bond acceptors (Lipinski definition) is 6. The highest BCUT2D eigenvalue weighted by atomic mass is 19.1. The molecule has 0 saturated heterocycles. The number of halogens is 1. The first-order valence-corrected chi connectivity index (χ1v) is 12.1. The molecule has 4 aromatic heterocycles. The minimum atomic E-state index is -0.523. The lowest BCUT2D eigenvalue weighted by molar-refractivity contribution is -0.116. The molecule has 2 aliphatic rings. The van der Waals surface area contributed by atoms with E-state index in [1.165, 1.54) is 21.2 Å². The largest absolute Gasteiger partial charge is 0.330 e. The van der Waals surface area contributed by atoms with Crippen molar-refractivity contribution in [1.82, 2.24) is 29.0 Å². The summed E-state index contributed by atoms with van der Waals surface area (Å²) in [6, 6.07) is 6.10. The van der Waals surface area contributed by atoms with E-state index in [9.17, 15) is 18.8 Å². The Balaban J connectivity index is 1.48. The molecule has 0 bridgehead atoms. The molecule has 1 saturated carbocycles. The van der Waals surface area contributed by atoms with E-state index in [1.807, 2.05) is 19.9 Å². The summed E-state index contributed by atoms with van der Waals surface area (Å²) in [7, 11) is 0. The van der Waals surface area contributed by atoms with E-state index >= 15 is 0 Å². The number of anilines is 1. The van der Waals surface area contributed by atoms with Crippen molar-refractivity contribution in [3.63, 3.8) is 0 Å². The van der Waals surface area contributed by atoms with E-state index in [2.05, 4.69) is 20.4 Å². The van der Waals surface area contributed by atoms with Crippen LogP contribution >= 0.6 is 0 Å². The fourth-order valence-electron chi connectivity index (χ4n) is 4.84. The molecule has 0 aromatic carbocycles. The minimum Gasteiger partial charge on any atom is -0.330 e. The molecule has 6 rings (SSSR count). The smallest absolute Gasteiger partial charge is 0.280 e. The molecule has 188 valence electrons. The molecule has 1 aliphatic heterocycles. The standard InChI is InChI=1S/C26H24FN7O3/c1-14(2)32-12-19-24(26(32)37)33(13-22(35)30-21-6-5-16(27)10-29-21)23-9-20(31-34(23)25(19)36)18-11-28-8-7-17(18)15-3-4-15/h5-11,14-15H,3-4,12-13H2,1-2H3,(H,29,30,35). The summed E-state index contributed by atoms with van der Waals surface area (Å²) < 4.78 is 16.0. The highest BCUT2D eigenvalue weighted by Gasteiger charge is 2.36. The highest BCUT2D eigenvalue weighted by molar-refractivity contribution is 5.98. The third kappa shape index (κ3) is 3.96. The van der Waals surface area contributed by atoms with Gasteiger partial charge in [-0.2, -0.15) is 9.61 Å². The second kappa shape index (κ2) is 8.61. The van der Waals surface area contributed by atoms with Gasteiger partial charge in [-0.1, -0.05) is 0 Å². The molecular formula is C26H24FN7O3. The summed E-state index contributed by atoms with van der Waals surface area (Å²) in [6.07, 6.45) is 6.65. The Bertz CT molecular complexity index is 1620. The van der Waals surface area contributed by atoms with Gasteiger partial charge < -0.3 is 14.8 Å². The van der Waals surface area contributed by atoms with Crippen molar-refractivity contribution >= 4 is 23.3 Å². The lowest BCUT2D eigenvalue weighted by atomic mass is 10.0. The van der Waals surface area contributed by atoms with Crippen LogP contribution in [0.15, 0.2) is 47.7 Å². The Morgan fingerprint density at radius 1 is 1.19 bits per heavy atom. The molecule has 5 heterocycles. The molecule has 0 spiro atoms. The van der Waals surface area contributed by atoms with Crippen LogP contribution in [0, 0.1) is 5.82 Å². The van der Waals surface area contributed by atoms with Gasteiger partial charge in [-0.25, -0.2) is 9.37 Å². The molecule has 1 aliphatic carbocycles. The molecule has 1 N–H and O–H groups in total. The van der Waals surface area contributed by atoms with E-state index in [4.69, 9.17) is 0 Å². The van der Waals surface area contributed by atoms with Crippen molar-refractivity contribution < 1.29 is 14.0 Å². The molecule has 4 aromatic rings. The molecular weight excluding hydrogens is 477 g/mol. The average Bonchev–Trinajstić information content (AvgIpc) is 3.53. The Morgan fingerprint density at radius 2 is 2.00 bits per heavy atom. The topological polar surface area (TPSA) is 114 Å². The minimum absolute atomic E-state index is 0.135. The second-order valence-electron chi connectivity index (χ2n) is 9.69. The maximum Gasteiger partial charge on any atom is 0.280 e. The average molecular weight is 502 g/mol. The van der Waals surface area contributed by atoms with E-state index in [0.717, 1.165) is 30.2 Å². The van der Waals surface area contributed by atoms with Gasteiger partial charge in [0.25, 0.3) is 11.5 Å². The van der Waals surface area contributed by atoms with Gasteiger partial charge in [0.1, 0.15) is 29.5 Å². The van der Waals surface area contributed by atoms with Gasteiger partial charge in [-0.3, -0.25) is 19.4 Å². The number of pyridine rings is 2. The summed E-state index contributed by atoms with van der Waals surface area (Å²) in [5.41, 5.74) is 2.91. The van der Waals surface area contributed by atoms with Crippen LogP contribution in [-0.4, -0.2) is 46.9 Å². The van der Waals surface area contributed by atoms with E-state index in [-0.39, 0.29) is 42.1 Å². The zero-order valence-electron chi connectivity index (χ0n) is 20.3. The summed E-state index contributed by atoms with van der Waals surface area (Å²) in [6.45, 7) is 3.61. The number of rotatable bonds is 6. The monoisotopic (exact) mass is 501 g/mol. The number of carbonyl (C=O) groups excluding carboxylic acids is 2. The molecule has 11 heteroatoms. The van der Waals surface area contributed by atoms with Gasteiger partial charge in [0, 0.05) is 30.1 Å². The number of nitrogens with one attached hydrogen (secondary N) is 1. The number of aromatic nitrogens is 5. The maximum atomic E-state index is 13.5. The SMILES string of the molecule is CC(C)N1Cc2c(n(CC(=O)Nc3ccc(F)cn3)c3cc(-c4cnccc4C4CC4)nn3c2=O)C1=O. The van der Waals surface area contributed by atoms with Crippen molar-refractivity contribution in [2.24, 2.45) is 0 Å². The van der Waals surface area contributed by atoms with Gasteiger partial charge in [0.15, 0.2) is 0 Å². The Labute approximate surface area is 210 Å². The van der Waals surface area contributed by atoms with Crippen LogP contribution in [-0.2, 0) is 17.9 Å². The van der Waals surface area contributed by atoms with Gasteiger partial charge in [0.05, 0.1) is 24.0 Å². The zero-order valence-corrected chi connectivity index (χ0v) is 20.3. The summed E-state index contributed by atoms with van der Waals surface area (Å²) in [4.78, 5) is 49.7. The van der Waals surface area contributed by atoms with Crippen LogP contribution in [0.4, 0.5) is 10.2 Å². The fourth-order valence-corrected chi connectivity index (χ4v) is 4.84. The lowest BCUT2D eigenvalue weighted by Gasteiger charge is -2.20. The van der Waals surface area contributed by atoms with E-state index in [0.29, 0.717) is 22.8 Å². The van der Waals surface area contributed by atoms with Crippen LogP contribution in [0.2, 0.25) is 0 Å². The Kier molecular flexibility index (Phi) is 5.36. The first kappa shape index (κ1) is 23.0. The number of amides is 2. The van der Waals surface area contributed by atoms with Crippen molar-refractivity contribution in [2.45, 2.75) is 51.7 Å². The second-order valence-corrected chi connectivity index (χ2v) is 9.69. The van der Waals surface area contributed by atoms with Crippen LogP contribution in [0.25, 0.3) is 16.9 Å². The zero-order chi connectivity index (χ0) is 25.8. The van der Waals surface area contributed by atoms with Gasteiger partial charge in [0.2, 0.25) is 5.91 Å². The number of nitrogens with zero attached hydrogens (tertiary/aromatic N) is 6. The molecule has 0 unspecified atom stereocenters. The molecule has 10 nitrogen and oxygen atoms in total. The summed E-state index contributed by atoms with van der Waals surface area (Å²) >= 11 is 0. The Hall–Kier alpha value is -4.41. The quantitative estimate of drug-likeness (QED) is 0.435. The van der Waals surface area contributed by atoms with E-state index in [1.54, 1.807) is 23.4 Å². The first-order valence-electron chi connectivity index (χ1n) is 12.1. The maximum absolute atomic E-state index is 13.5. The Morgan fingerprint density at radius 3 is 2.70 bits per heavy atom. The van der Waals surface area contributed by atoms with Gasteiger partial charge in [-0.05, 0) is 56.4 Å². The third-order valence-corrected chi connectivity index (χ3v) is 6.83. The summed E-state index contributed by atoms with van der Waals surface area (Å²) in [5.74, 6) is -0.716. The molecule has 37 heavy (non-hydrogen) atoms. The van der Waals surface area contributed by atoms with Crippen molar-refractivity contribution in [2.75, 3.05) is 5.32 Å². The van der Waals surface area contributed by atoms with Crippen molar-refractivity contribution in [3.8, 4) is 11.3 Å². The molecule has 0 radical (unpaired) electrons. The number of carbonyl (C=O) groups is 2. The van der Waals surface area contributed by atoms with Gasteiger partial charge >= 0.3 is 0 Å².